The van der Waals surface area contributed by atoms with E-state index in [0.717, 1.165) is 17.7 Å². The SMILES string of the molecule is Cn1c(C=Cc2ccc(C=O)cc2)[n+](C)c2ccccc21. The predicted octanol–water partition coefficient (Wildman–Crippen LogP) is 2.99. The first-order valence-corrected chi connectivity index (χ1v) is 6.87. The van der Waals surface area contributed by atoms with Gasteiger partial charge in [-0.2, -0.15) is 0 Å². The molecule has 3 rings (SSSR count). The van der Waals surface area contributed by atoms with Gasteiger partial charge in [-0.15, -0.1) is 0 Å². The lowest BCUT2D eigenvalue weighted by Crippen LogP contribution is -2.30. The molecule has 21 heavy (non-hydrogen) atoms. The molecule has 0 bridgehead atoms. The molecule has 0 radical (unpaired) electrons. The molecule has 0 fully saturated rings. The van der Waals surface area contributed by atoms with Gasteiger partial charge in [0.2, 0.25) is 0 Å². The minimum atomic E-state index is 0.697. The lowest BCUT2D eigenvalue weighted by molar-refractivity contribution is -0.647. The molecule has 0 amide bonds. The maximum absolute atomic E-state index is 10.7. The van der Waals surface area contributed by atoms with Crippen molar-refractivity contribution in [2.45, 2.75) is 0 Å². The molecule has 0 saturated carbocycles. The minimum Gasteiger partial charge on any atom is -0.298 e. The number of rotatable bonds is 3. The first-order chi connectivity index (χ1) is 10.2. The van der Waals surface area contributed by atoms with E-state index in [2.05, 4.69) is 47.5 Å². The van der Waals surface area contributed by atoms with Gasteiger partial charge in [0.25, 0.3) is 5.82 Å². The van der Waals surface area contributed by atoms with Crippen molar-refractivity contribution in [1.29, 1.82) is 0 Å². The largest absolute Gasteiger partial charge is 0.298 e. The van der Waals surface area contributed by atoms with Crippen molar-refractivity contribution in [2.75, 3.05) is 0 Å². The average Bonchev–Trinajstić information content (AvgIpc) is 2.78. The quantitative estimate of drug-likeness (QED) is 0.534. The van der Waals surface area contributed by atoms with E-state index in [1.165, 1.54) is 11.0 Å². The Kier molecular flexibility index (Phi) is 3.40. The van der Waals surface area contributed by atoms with Crippen molar-refractivity contribution in [2.24, 2.45) is 14.1 Å². The van der Waals surface area contributed by atoms with Crippen LogP contribution in [0.1, 0.15) is 21.7 Å². The van der Waals surface area contributed by atoms with Crippen LogP contribution >= 0.6 is 0 Å². The van der Waals surface area contributed by atoms with Crippen molar-refractivity contribution < 1.29 is 9.36 Å². The zero-order valence-corrected chi connectivity index (χ0v) is 12.2. The van der Waals surface area contributed by atoms with Gasteiger partial charge in [0.15, 0.2) is 11.0 Å². The number of nitrogens with zero attached hydrogens (tertiary/aromatic N) is 2. The number of fused-ring (bicyclic) bond motifs is 1. The van der Waals surface area contributed by atoms with Crippen LogP contribution in [0, 0.1) is 0 Å². The molecule has 3 heteroatoms. The highest BCUT2D eigenvalue weighted by molar-refractivity contribution is 5.77. The molecule has 104 valence electrons. The fourth-order valence-electron chi connectivity index (χ4n) is 2.58. The number of carbonyl (C=O) groups excluding carboxylic acids is 1. The summed E-state index contributed by atoms with van der Waals surface area (Å²) in [5, 5.41) is 0. The van der Waals surface area contributed by atoms with Crippen LogP contribution < -0.4 is 4.57 Å². The molecule has 0 aliphatic rings. The summed E-state index contributed by atoms with van der Waals surface area (Å²) in [5.74, 6) is 1.12. The highest BCUT2D eigenvalue weighted by Gasteiger charge is 2.16. The van der Waals surface area contributed by atoms with Crippen LogP contribution in [-0.2, 0) is 14.1 Å². The number of carbonyl (C=O) groups is 1. The Labute approximate surface area is 123 Å². The Bertz CT molecular complexity index is 787. The summed E-state index contributed by atoms with van der Waals surface area (Å²) in [5.41, 5.74) is 4.18. The highest BCUT2D eigenvalue weighted by Crippen LogP contribution is 2.14. The van der Waals surface area contributed by atoms with Crippen LogP contribution in [0.2, 0.25) is 0 Å². The maximum Gasteiger partial charge on any atom is 0.281 e. The van der Waals surface area contributed by atoms with Crippen molar-refractivity contribution in [1.82, 2.24) is 4.57 Å². The van der Waals surface area contributed by atoms with Crippen LogP contribution in [0.25, 0.3) is 23.2 Å². The van der Waals surface area contributed by atoms with Crippen LogP contribution in [0.5, 0.6) is 0 Å². The number of aromatic nitrogens is 2. The number of hydrogen-bond donors (Lipinski definition) is 0. The molecule has 3 aromatic rings. The average molecular weight is 277 g/mol. The van der Waals surface area contributed by atoms with Crippen molar-refractivity contribution in [3.05, 3.63) is 65.5 Å². The van der Waals surface area contributed by atoms with Gasteiger partial charge in [0.05, 0.1) is 14.1 Å². The summed E-state index contributed by atoms with van der Waals surface area (Å²) >= 11 is 0. The second-order valence-corrected chi connectivity index (χ2v) is 5.08. The molecule has 0 N–H and O–H groups in total. The fraction of sp³-hybridized carbons (Fsp3) is 0.111. The van der Waals surface area contributed by atoms with E-state index in [1.54, 1.807) is 0 Å². The summed E-state index contributed by atoms with van der Waals surface area (Å²) in [6.07, 6.45) is 5.01. The van der Waals surface area contributed by atoms with Gasteiger partial charge in [-0.3, -0.25) is 4.79 Å². The summed E-state index contributed by atoms with van der Waals surface area (Å²) < 4.78 is 4.34. The molecule has 0 spiro atoms. The number of benzene rings is 2. The van der Waals surface area contributed by atoms with Gasteiger partial charge in [-0.05, 0) is 23.8 Å². The topological polar surface area (TPSA) is 25.9 Å². The fourth-order valence-corrected chi connectivity index (χ4v) is 2.58. The molecule has 3 nitrogen and oxygen atoms in total. The normalized spacial score (nSPS) is 11.3. The Morgan fingerprint density at radius 3 is 2.29 bits per heavy atom. The van der Waals surface area contributed by atoms with Gasteiger partial charge < -0.3 is 0 Å². The molecular weight excluding hydrogens is 260 g/mol. The Morgan fingerprint density at radius 2 is 1.62 bits per heavy atom. The van der Waals surface area contributed by atoms with Crippen LogP contribution in [0.4, 0.5) is 0 Å². The van der Waals surface area contributed by atoms with E-state index in [-0.39, 0.29) is 0 Å². The van der Waals surface area contributed by atoms with E-state index < -0.39 is 0 Å². The Balaban J connectivity index is 2.00. The van der Waals surface area contributed by atoms with E-state index >= 15 is 0 Å². The van der Waals surface area contributed by atoms with E-state index in [9.17, 15) is 4.79 Å². The molecule has 0 aliphatic heterocycles. The predicted molar refractivity (Wildman–Crippen MR) is 84.9 cm³/mol. The van der Waals surface area contributed by atoms with Gasteiger partial charge in [0.1, 0.15) is 6.29 Å². The van der Waals surface area contributed by atoms with E-state index in [1.807, 2.05) is 36.4 Å². The number of imidazole rings is 1. The lowest BCUT2D eigenvalue weighted by Gasteiger charge is -1.94. The maximum atomic E-state index is 10.7. The van der Waals surface area contributed by atoms with Crippen LogP contribution in [0.3, 0.4) is 0 Å². The molecular formula is C18H17N2O+. The number of hydrogen-bond acceptors (Lipinski definition) is 1. The summed E-state index contributed by atoms with van der Waals surface area (Å²) in [4.78, 5) is 10.7. The van der Waals surface area contributed by atoms with E-state index in [4.69, 9.17) is 0 Å². The molecule has 1 heterocycles. The Morgan fingerprint density at radius 1 is 0.952 bits per heavy atom. The Hall–Kier alpha value is -2.68. The van der Waals surface area contributed by atoms with Gasteiger partial charge in [-0.1, -0.05) is 36.4 Å². The van der Waals surface area contributed by atoms with Crippen molar-refractivity contribution in [3.63, 3.8) is 0 Å². The summed E-state index contributed by atoms with van der Waals surface area (Å²) in [6.45, 7) is 0. The summed E-state index contributed by atoms with van der Waals surface area (Å²) in [6, 6.07) is 15.9. The molecule has 0 saturated heterocycles. The number of aryl methyl sites for hydroxylation is 2. The first kappa shape index (κ1) is 13.3. The van der Waals surface area contributed by atoms with Crippen molar-refractivity contribution in [3.8, 4) is 0 Å². The van der Waals surface area contributed by atoms with Crippen molar-refractivity contribution >= 4 is 29.5 Å². The third-order valence-electron chi connectivity index (χ3n) is 3.79. The van der Waals surface area contributed by atoms with Crippen LogP contribution in [-0.4, -0.2) is 10.9 Å². The molecule has 0 atom stereocenters. The zero-order chi connectivity index (χ0) is 14.8. The number of aldehydes is 1. The summed E-state index contributed by atoms with van der Waals surface area (Å²) in [7, 11) is 4.13. The lowest BCUT2D eigenvalue weighted by atomic mass is 10.1. The monoisotopic (exact) mass is 277 g/mol. The molecule has 1 aromatic heterocycles. The minimum absolute atomic E-state index is 0.697. The number of para-hydroxylation sites is 2. The van der Waals surface area contributed by atoms with Crippen LogP contribution in [0.15, 0.2) is 48.5 Å². The molecule has 0 aliphatic carbocycles. The first-order valence-electron chi connectivity index (χ1n) is 6.87. The highest BCUT2D eigenvalue weighted by atomic mass is 16.1. The smallest absolute Gasteiger partial charge is 0.281 e. The zero-order valence-electron chi connectivity index (χ0n) is 12.2. The van der Waals surface area contributed by atoms with Gasteiger partial charge in [0, 0.05) is 11.6 Å². The molecule has 2 aromatic carbocycles. The third kappa shape index (κ3) is 2.38. The standard InChI is InChI=1S/C18H17N2O/c1-19-16-5-3-4-6-17(16)20(2)18(19)12-11-14-7-9-15(13-21)10-8-14/h3-13H,1-2H3/q+1. The van der Waals surface area contributed by atoms with Gasteiger partial charge >= 0.3 is 0 Å². The van der Waals surface area contributed by atoms with E-state index in [0.29, 0.717) is 5.56 Å². The van der Waals surface area contributed by atoms with Gasteiger partial charge in [-0.25, -0.2) is 9.13 Å². The second-order valence-electron chi connectivity index (χ2n) is 5.08. The molecule has 0 unspecified atom stereocenters. The third-order valence-corrected chi connectivity index (χ3v) is 3.79. The second kappa shape index (κ2) is 5.37.